The van der Waals surface area contributed by atoms with Crippen LogP contribution in [-0.4, -0.2) is 5.91 Å². The molecule has 1 amide bonds. The average Bonchev–Trinajstić information content (AvgIpc) is 2.31. The van der Waals surface area contributed by atoms with Crippen LogP contribution in [0.3, 0.4) is 0 Å². The molecule has 0 fully saturated rings. The highest BCUT2D eigenvalue weighted by atomic mass is 16.2. The lowest BCUT2D eigenvalue weighted by molar-refractivity contribution is -0.118. The van der Waals surface area contributed by atoms with E-state index in [9.17, 15) is 4.79 Å². The first kappa shape index (κ1) is 10.2. The Balaban J connectivity index is 2.59. The Kier molecular flexibility index (Phi) is 2.27. The third-order valence-electron chi connectivity index (χ3n) is 3.13. The normalized spacial score (nSPS) is 19.7. The SMILES string of the molecule is CC1(C)CCC(=O)N(N)c2ccccc21. The summed E-state index contributed by atoms with van der Waals surface area (Å²) in [5.41, 5.74) is 2.00. The van der Waals surface area contributed by atoms with Crippen molar-refractivity contribution in [2.24, 2.45) is 5.84 Å². The minimum absolute atomic E-state index is 0.00646. The molecule has 80 valence electrons. The van der Waals surface area contributed by atoms with E-state index in [1.807, 2.05) is 24.3 Å². The fourth-order valence-corrected chi connectivity index (χ4v) is 2.06. The third kappa shape index (κ3) is 1.63. The molecule has 0 aliphatic carbocycles. The highest BCUT2D eigenvalue weighted by Gasteiger charge is 2.31. The molecule has 0 radical (unpaired) electrons. The molecule has 1 aliphatic heterocycles. The van der Waals surface area contributed by atoms with Crippen LogP contribution < -0.4 is 10.9 Å². The molecule has 1 aliphatic rings. The van der Waals surface area contributed by atoms with Gasteiger partial charge in [-0.2, -0.15) is 0 Å². The summed E-state index contributed by atoms with van der Waals surface area (Å²) >= 11 is 0. The van der Waals surface area contributed by atoms with E-state index in [-0.39, 0.29) is 11.3 Å². The molecule has 0 aromatic heterocycles. The molecular weight excluding hydrogens is 188 g/mol. The highest BCUT2D eigenvalue weighted by Crippen LogP contribution is 2.37. The van der Waals surface area contributed by atoms with Crippen molar-refractivity contribution < 1.29 is 4.79 Å². The Morgan fingerprint density at radius 3 is 2.73 bits per heavy atom. The number of nitrogens with two attached hydrogens (primary N) is 1. The summed E-state index contributed by atoms with van der Waals surface area (Å²) in [6.45, 7) is 4.30. The number of benzene rings is 1. The summed E-state index contributed by atoms with van der Waals surface area (Å²) in [4.78, 5) is 11.7. The maximum Gasteiger partial charge on any atom is 0.241 e. The first-order chi connectivity index (χ1) is 7.02. The van der Waals surface area contributed by atoms with E-state index in [0.717, 1.165) is 17.7 Å². The molecule has 1 heterocycles. The monoisotopic (exact) mass is 204 g/mol. The lowest BCUT2D eigenvalue weighted by Gasteiger charge is -2.25. The molecule has 2 rings (SSSR count). The van der Waals surface area contributed by atoms with Crippen molar-refractivity contribution in [1.82, 2.24) is 0 Å². The Labute approximate surface area is 89.8 Å². The zero-order chi connectivity index (χ0) is 11.1. The molecule has 15 heavy (non-hydrogen) atoms. The van der Waals surface area contributed by atoms with E-state index >= 15 is 0 Å². The first-order valence-electron chi connectivity index (χ1n) is 5.19. The average molecular weight is 204 g/mol. The summed E-state index contributed by atoms with van der Waals surface area (Å²) in [7, 11) is 0. The van der Waals surface area contributed by atoms with Crippen LogP contribution in [0.15, 0.2) is 24.3 Å². The number of nitrogens with zero attached hydrogens (tertiary/aromatic N) is 1. The van der Waals surface area contributed by atoms with Gasteiger partial charge in [-0.25, -0.2) is 10.9 Å². The molecular formula is C12H16N2O. The van der Waals surface area contributed by atoms with Crippen molar-refractivity contribution in [1.29, 1.82) is 0 Å². The molecule has 0 atom stereocenters. The standard InChI is InChI=1S/C12H16N2O/c1-12(2)8-7-11(15)14(13)10-6-4-3-5-9(10)12/h3-6H,7-8,13H2,1-2H3. The quantitative estimate of drug-likeness (QED) is 0.518. The molecule has 0 bridgehead atoms. The van der Waals surface area contributed by atoms with E-state index in [0.29, 0.717) is 6.42 Å². The minimum atomic E-state index is -0.00646. The molecule has 0 saturated carbocycles. The summed E-state index contributed by atoms with van der Waals surface area (Å²) < 4.78 is 0. The van der Waals surface area contributed by atoms with Gasteiger partial charge in [-0.05, 0) is 23.5 Å². The lowest BCUT2D eigenvalue weighted by atomic mass is 9.80. The van der Waals surface area contributed by atoms with Crippen molar-refractivity contribution in [2.45, 2.75) is 32.1 Å². The van der Waals surface area contributed by atoms with E-state index in [1.165, 1.54) is 5.01 Å². The molecule has 2 N–H and O–H groups in total. The van der Waals surface area contributed by atoms with Crippen LogP contribution >= 0.6 is 0 Å². The zero-order valence-electron chi connectivity index (χ0n) is 9.16. The van der Waals surface area contributed by atoms with Crippen molar-refractivity contribution in [2.75, 3.05) is 5.01 Å². The smallest absolute Gasteiger partial charge is 0.241 e. The molecule has 0 saturated heterocycles. The summed E-state index contributed by atoms with van der Waals surface area (Å²) in [5, 5.41) is 1.28. The van der Waals surface area contributed by atoms with E-state index < -0.39 is 0 Å². The number of carbonyl (C=O) groups excluding carboxylic acids is 1. The molecule has 1 aromatic carbocycles. The lowest BCUT2D eigenvalue weighted by Crippen LogP contribution is -2.36. The van der Waals surface area contributed by atoms with Crippen molar-refractivity contribution >= 4 is 11.6 Å². The Hall–Kier alpha value is -1.35. The predicted octanol–water partition coefficient (Wildman–Crippen LogP) is 1.96. The van der Waals surface area contributed by atoms with Crippen LogP contribution in [0.5, 0.6) is 0 Å². The van der Waals surface area contributed by atoms with Gasteiger partial charge in [-0.1, -0.05) is 32.0 Å². The second kappa shape index (κ2) is 3.35. The third-order valence-corrected chi connectivity index (χ3v) is 3.13. The van der Waals surface area contributed by atoms with Gasteiger partial charge in [-0.3, -0.25) is 4.79 Å². The predicted molar refractivity (Wildman–Crippen MR) is 60.4 cm³/mol. The molecule has 0 unspecified atom stereocenters. The largest absolute Gasteiger partial charge is 0.273 e. The van der Waals surface area contributed by atoms with E-state index in [2.05, 4.69) is 13.8 Å². The van der Waals surface area contributed by atoms with Crippen LogP contribution in [0.2, 0.25) is 0 Å². The van der Waals surface area contributed by atoms with Gasteiger partial charge in [0, 0.05) is 6.42 Å². The topological polar surface area (TPSA) is 46.3 Å². The fourth-order valence-electron chi connectivity index (χ4n) is 2.06. The maximum atomic E-state index is 11.7. The Morgan fingerprint density at radius 1 is 1.33 bits per heavy atom. The van der Waals surface area contributed by atoms with Crippen LogP contribution in [-0.2, 0) is 10.2 Å². The number of fused-ring (bicyclic) bond motifs is 1. The maximum absolute atomic E-state index is 11.7. The number of hydrazine groups is 1. The second-order valence-electron chi connectivity index (χ2n) is 4.66. The van der Waals surface area contributed by atoms with Crippen molar-refractivity contribution in [3.8, 4) is 0 Å². The Morgan fingerprint density at radius 2 is 2.00 bits per heavy atom. The number of carbonyl (C=O) groups is 1. The Bertz CT molecular complexity index is 398. The number of rotatable bonds is 0. The first-order valence-corrected chi connectivity index (χ1v) is 5.19. The van der Waals surface area contributed by atoms with Gasteiger partial charge in [0.05, 0.1) is 5.69 Å². The van der Waals surface area contributed by atoms with E-state index in [4.69, 9.17) is 5.84 Å². The highest BCUT2D eigenvalue weighted by molar-refractivity contribution is 5.94. The summed E-state index contributed by atoms with van der Waals surface area (Å²) in [5.74, 6) is 5.79. The van der Waals surface area contributed by atoms with Crippen molar-refractivity contribution in [3.63, 3.8) is 0 Å². The van der Waals surface area contributed by atoms with Gasteiger partial charge >= 0.3 is 0 Å². The van der Waals surface area contributed by atoms with Crippen LogP contribution in [0, 0.1) is 0 Å². The van der Waals surface area contributed by atoms with Gasteiger partial charge in [0.15, 0.2) is 0 Å². The van der Waals surface area contributed by atoms with Crippen LogP contribution in [0.4, 0.5) is 5.69 Å². The number of para-hydroxylation sites is 1. The molecule has 0 spiro atoms. The number of hydrogen-bond acceptors (Lipinski definition) is 2. The van der Waals surface area contributed by atoms with Crippen molar-refractivity contribution in [3.05, 3.63) is 29.8 Å². The van der Waals surface area contributed by atoms with Gasteiger partial charge in [0.25, 0.3) is 0 Å². The molecule has 1 aromatic rings. The second-order valence-corrected chi connectivity index (χ2v) is 4.66. The fraction of sp³-hybridized carbons (Fsp3) is 0.417. The summed E-state index contributed by atoms with van der Waals surface area (Å²) in [6, 6.07) is 7.85. The van der Waals surface area contributed by atoms with E-state index in [1.54, 1.807) is 0 Å². The minimum Gasteiger partial charge on any atom is -0.273 e. The van der Waals surface area contributed by atoms with Gasteiger partial charge in [0.2, 0.25) is 5.91 Å². The number of hydrogen-bond donors (Lipinski definition) is 1. The van der Waals surface area contributed by atoms with Gasteiger partial charge in [-0.15, -0.1) is 0 Å². The molecule has 3 heteroatoms. The number of anilines is 1. The molecule has 3 nitrogen and oxygen atoms in total. The van der Waals surface area contributed by atoms with Gasteiger partial charge in [0.1, 0.15) is 0 Å². The summed E-state index contributed by atoms with van der Waals surface area (Å²) in [6.07, 6.45) is 1.36. The van der Waals surface area contributed by atoms with Crippen LogP contribution in [0.25, 0.3) is 0 Å². The van der Waals surface area contributed by atoms with Crippen LogP contribution in [0.1, 0.15) is 32.3 Å². The zero-order valence-corrected chi connectivity index (χ0v) is 9.16. The van der Waals surface area contributed by atoms with Gasteiger partial charge < -0.3 is 0 Å². The number of amides is 1.